The van der Waals surface area contributed by atoms with Gasteiger partial charge in [0.25, 0.3) is 0 Å². The van der Waals surface area contributed by atoms with E-state index in [1.807, 2.05) is 24.3 Å². The first-order valence-electron chi connectivity index (χ1n) is 15.9. The fourth-order valence-electron chi connectivity index (χ4n) is 8.45. The van der Waals surface area contributed by atoms with Gasteiger partial charge in [0.2, 0.25) is 0 Å². The van der Waals surface area contributed by atoms with Crippen molar-refractivity contribution in [2.24, 2.45) is 45.5 Å². The average molecular weight is 580 g/mol. The van der Waals surface area contributed by atoms with E-state index in [4.69, 9.17) is 14.2 Å². The number of ether oxygens (including phenoxy) is 3. The summed E-state index contributed by atoms with van der Waals surface area (Å²) in [5.74, 6) is 0.931. The van der Waals surface area contributed by atoms with E-state index >= 15 is 0 Å². The van der Waals surface area contributed by atoms with Crippen molar-refractivity contribution < 1.29 is 23.8 Å². The first-order chi connectivity index (χ1) is 20.3. The zero-order valence-electron chi connectivity index (χ0n) is 26.1. The van der Waals surface area contributed by atoms with Gasteiger partial charge < -0.3 is 19.0 Å². The van der Waals surface area contributed by atoms with Gasteiger partial charge in [-0.2, -0.15) is 0 Å². The molecule has 7 atom stereocenters. The van der Waals surface area contributed by atoms with E-state index in [0.717, 1.165) is 68.5 Å². The molecule has 0 heterocycles. The number of carbonyl (C=O) groups excluding carboxylic acids is 2. The highest BCUT2D eigenvalue weighted by molar-refractivity contribution is 5.89. The van der Waals surface area contributed by atoms with Gasteiger partial charge >= 0.3 is 5.97 Å². The SMILES string of the molecule is CCCCOCCCCC1C(C)C(N=[N+]=[N-])CC1[C@@]1(C=O)CC2C=C(C(C)C)[C@@]1(C(=O)OCc1ccc(OC)cc1)C2. The molecule has 2 bridgehead atoms. The summed E-state index contributed by atoms with van der Waals surface area (Å²) >= 11 is 0. The van der Waals surface area contributed by atoms with Crippen molar-refractivity contribution in [1.29, 1.82) is 0 Å². The Morgan fingerprint density at radius 3 is 2.55 bits per heavy atom. The molecule has 1 aromatic carbocycles. The number of nitrogens with zero attached hydrogens (tertiary/aromatic N) is 3. The third-order valence-corrected chi connectivity index (χ3v) is 10.5. The van der Waals surface area contributed by atoms with Gasteiger partial charge in [-0.05, 0) is 91.3 Å². The van der Waals surface area contributed by atoms with Gasteiger partial charge in [-0.1, -0.05) is 69.4 Å². The van der Waals surface area contributed by atoms with Crippen LogP contribution in [0.15, 0.2) is 41.0 Å². The van der Waals surface area contributed by atoms with Gasteiger partial charge in [0.15, 0.2) is 0 Å². The van der Waals surface area contributed by atoms with Crippen LogP contribution in [0.3, 0.4) is 0 Å². The molecule has 2 saturated carbocycles. The van der Waals surface area contributed by atoms with Crippen LogP contribution in [0.25, 0.3) is 10.4 Å². The molecule has 0 amide bonds. The Morgan fingerprint density at radius 2 is 1.90 bits per heavy atom. The predicted molar refractivity (Wildman–Crippen MR) is 163 cm³/mol. The van der Waals surface area contributed by atoms with E-state index in [0.29, 0.717) is 19.3 Å². The third-order valence-electron chi connectivity index (χ3n) is 10.5. The number of hydrogen-bond donors (Lipinski definition) is 0. The van der Waals surface area contributed by atoms with Crippen molar-refractivity contribution in [3.8, 4) is 5.75 Å². The van der Waals surface area contributed by atoms with Gasteiger partial charge in [-0.15, -0.1) is 0 Å². The van der Waals surface area contributed by atoms with Gasteiger partial charge in [0, 0.05) is 29.6 Å². The Bertz CT molecular complexity index is 1160. The fraction of sp³-hybridized carbons (Fsp3) is 0.706. The maximum Gasteiger partial charge on any atom is 0.317 e. The Kier molecular flexibility index (Phi) is 10.8. The molecule has 0 aliphatic heterocycles. The molecule has 5 unspecified atom stereocenters. The molecule has 0 spiro atoms. The van der Waals surface area contributed by atoms with E-state index in [2.05, 4.69) is 43.8 Å². The van der Waals surface area contributed by atoms with Crippen LogP contribution in [-0.2, 0) is 25.7 Å². The van der Waals surface area contributed by atoms with Crippen LogP contribution >= 0.6 is 0 Å². The first kappa shape index (κ1) is 32.1. The summed E-state index contributed by atoms with van der Waals surface area (Å²) in [6.45, 7) is 10.2. The van der Waals surface area contributed by atoms with E-state index < -0.39 is 10.8 Å². The van der Waals surface area contributed by atoms with E-state index in [-0.39, 0.29) is 48.2 Å². The van der Waals surface area contributed by atoms with Crippen LogP contribution < -0.4 is 4.74 Å². The highest BCUT2D eigenvalue weighted by atomic mass is 16.5. The molecule has 42 heavy (non-hydrogen) atoms. The molecule has 4 rings (SSSR count). The van der Waals surface area contributed by atoms with Crippen molar-refractivity contribution in [2.75, 3.05) is 20.3 Å². The summed E-state index contributed by atoms with van der Waals surface area (Å²) in [7, 11) is 1.62. The first-order valence-corrected chi connectivity index (χ1v) is 15.9. The Balaban J connectivity index is 1.63. The summed E-state index contributed by atoms with van der Waals surface area (Å²) in [4.78, 5) is 31.1. The lowest BCUT2D eigenvalue weighted by Crippen LogP contribution is -2.53. The van der Waals surface area contributed by atoms with Gasteiger partial charge in [-0.3, -0.25) is 4.79 Å². The summed E-state index contributed by atoms with van der Waals surface area (Å²) in [6, 6.07) is 7.31. The van der Waals surface area contributed by atoms with Crippen molar-refractivity contribution >= 4 is 12.3 Å². The number of fused-ring (bicyclic) bond motifs is 2. The molecule has 8 heteroatoms. The van der Waals surface area contributed by atoms with Crippen LogP contribution in [-0.4, -0.2) is 38.6 Å². The Hall–Kier alpha value is -2.83. The largest absolute Gasteiger partial charge is 0.497 e. The van der Waals surface area contributed by atoms with Crippen LogP contribution in [0.5, 0.6) is 5.75 Å². The van der Waals surface area contributed by atoms with Crippen LogP contribution in [0.1, 0.15) is 84.6 Å². The van der Waals surface area contributed by atoms with Gasteiger partial charge in [-0.25, -0.2) is 0 Å². The molecule has 0 radical (unpaired) electrons. The highest BCUT2D eigenvalue weighted by Gasteiger charge is 2.72. The van der Waals surface area contributed by atoms with E-state index in [9.17, 15) is 15.1 Å². The third kappa shape index (κ3) is 5.98. The quantitative estimate of drug-likeness (QED) is 0.0376. The van der Waals surface area contributed by atoms with Crippen molar-refractivity contribution in [3.05, 3.63) is 51.9 Å². The van der Waals surface area contributed by atoms with E-state index in [1.165, 1.54) is 0 Å². The van der Waals surface area contributed by atoms with Gasteiger partial charge in [0.1, 0.15) is 24.1 Å². The molecule has 8 nitrogen and oxygen atoms in total. The number of azide groups is 1. The minimum absolute atomic E-state index is 0.0671. The summed E-state index contributed by atoms with van der Waals surface area (Å²) in [5, 5.41) is 4.19. The molecular weight excluding hydrogens is 530 g/mol. The molecule has 230 valence electrons. The lowest BCUT2D eigenvalue weighted by atomic mass is 9.52. The molecule has 0 saturated heterocycles. The Labute approximate surface area is 251 Å². The number of allylic oxidation sites excluding steroid dienone is 1. The minimum Gasteiger partial charge on any atom is -0.497 e. The number of benzene rings is 1. The number of carbonyl (C=O) groups is 2. The summed E-state index contributed by atoms with van der Waals surface area (Å²) < 4.78 is 17.2. The second-order valence-electron chi connectivity index (χ2n) is 13.0. The highest BCUT2D eigenvalue weighted by Crippen LogP contribution is 2.71. The van der Waals surface area contributed by atoms with Crippen LogP contribution in [0.2, 0.25) is 0 Å². The fourth-order valence-corrected chi connectivity index (χ4v) is 8.45. The second kappa shape index (κ2) is 14.1. The van der Waals surface area contributed by atoms with Crippen LogP contribution in [0.4, 0.5) is 0 Å². The lowest BCUT2D eigenvalue weighted by molar-refractivity contribution is -0.167. The van der Waals surface area contributed by atoms with E-state index in [1.54, 1.807) is 7.11 Å². The zero-order valence-corrected chi connectivity index (χ0v) is 26.1. The Morgan fingerprint density at radius 1 is 1.17 bits per heavy atom. The molecule has 0 N–H and O–H groups in total. The maximum atomic E-state index is 14.4. The number of aldehydes is 1. The second-order valence-corrected chi connectivity index (χ2v) is 13.0. The molecule has 1 aromatic rings. The van der Waals surface area contributed by atoms with Crippen molar-refractivity contribution in [2.45, 2.75) is 91.7 Å². The number of hydrogen-bond acceptors (Lipinski definition) is 6. The molecule has 3 aliphatic carbocycles. The summed E-state index contributed by atoms with van der Waals surface area (Å²) in [6.07, 6.45) is 10.2. The monoisotopic (exact) mass is 579 g/mol. The molecule has 0 aromatic heterocycles. The lowest BCUT2D eigenvalue weighted by Gasteiger charge is -2.49. The smallest absolute Gasteiger partial charge is 0.317 e. The standard InChI is InChI=1S/C34H49N3O5/c1-6-7-15-41-16-9-8-10-28-24(4)31(36-37-35)18-30(28)33(22-38)19-26-17-29(23(2)3)34(33,20-26)32(39)42-21-25-11-13-27(40-5)14-12-25/h11-14,17,22-24,26,28,30-31H,6-10,15-16,18-21H2,1-5H3/t24?,26?,28?,30?,31?,33-,34+/m0/s1. The predicted octanol–water partition coefficient (Wildman–Crippen LogP) is 7.85. The van der Waals surface area contributed by atoms with Crippen molar-refractivity contribution in [3.63, 3.8) is 0 Å². The van der Waals surface area contributed by atoms with Crippen LogP contribution in [0, 0.1) is 40.4 Å². The molecule has 3 aliphatic rings. The number of methoxy groups -OCH3 is 1. The van der Waals surface area contributed by atoms with Gasteiger partial charge in [0.05, 0.1) is 7.11 Å². The summed E-state index contributed by atoms with van der Waals surface area (Å²) in [5.41, 5.74) is 9.39. The number of rotatable bonds is 16. The van der Waals surface area contributed by atoms with Crippen molar-refractivity contribution in [1.82, 2.24) is 0 Å². The normalized spacial score (nSPS) is 31.6. The number of unbranched alkanes of at least 4 members (excludes halogenated alkanes) is 2. The average Bonchev–Trinajstić information content (AvgIpc) is 3.65. The topological polar surface area (TPSA) is 111 Å². The molecular formula is C34H49N3O5. The zero-order chi connectivity index (χ0) is 30.3. The number of esters is 1. The molecule has 2 fully saturated rings. The maximum absolute atomic E-state index is 14.4. The minimum atomic E-state index is -1.00.